The summed E-state index contributed by atoms with van der Waals surface area (Å²) in [6.45, 7) is 0.500. The van der Waals surface area contributed by atoms with E-state index in [1.165, 1.54) is 0 Å². The van der Waals surface area contributed by atoms with Crippen molar-refractivity contribution in [1.29, 1.82) is 0 Å². The topological polar surface area (TPSA) is 139 Å². The Morgan fingerprint density at radius 1 is 1.46 bits per heavy atom. The molecule has 2 unspecified atom stereocenters. The number of hydrogen-bond donors (Lipinski definition) is 0. The zero-order chi connectivity index (χ0) is 18.9. The number of cyclic esters (lactones) is 1. The maximum Gasteiger partial charge on any atom is 1.00 e. The molecule has 2 fully saturated rings. The van der Waals surface area contributed by atoms with Gasteiger partial charge in [0.25, 0.3) is 21.9 Å². The first-order chi connectivity index (χ1) is 11.7. The average molecular weight is 437 g/mol. The van der Waals surface area contributed by atoms with Gasteiger partial charge in [0.1, 0.15) is 23.9 Å². The third-order valence-electron chi connectivity index (χ3n) is 3.47. The van der Waals surface area contributed by atoms with Gasteiger partial charge in [-0.05, 0) is 11.6 Å². The Balaban J connectivity index is 0.00000338. The number of aliphatic carboxylic acids is 1. The molecule has 2 aliphatic rings. The molecule has 0 saturated carbocycles. The monoisotopic (exact) mass is 436 g/mol. The molecule has 0 N–H and O–H groups in total. The molecule has 2 amide bonds. The van der Waals surface area contributed by atoms with E-state index in [4.69, 9.17) is 32.8 Å². The number of carboxylic acid groups (broad SMARTS) is 1. The van der Waals surface area contributed by atoms with Crippen molar-refractivity contribution in [3.8, 4) is 0 Å². The van der Waals surface area contributed by atoms with Crippen molar-refractivity contribution < 1.29 is 68.0 Å². The van der Waals surface area contributed by atoms with Crippen molar-refractivity contribution >= 4 is 58.3 Å². The minimum Gasteiger partial charge on any atom is -0.587 e. The Labute approximate surface area is 182 Å². The van der Waals surface area contributed by atoms with Crippen LogP contribution in [0.25, 0.3) is 0 Å². The summed E-state index contributed by atoms with van der Waals surface area (Å²) < 4.78 is 17.1. The fourth-order valence-electron chi connectivity index (χ4n) is 2.38. The van der Waals surface area contributed by atoms with Gasteiger partial charge in [-0.2, -0.15) is 5.06 Å². The zero-order valence-electron chi connectivity index (χ0n) is 13.6. The number of rotatable bonds is 5. The second kappa shape index (κ2) is 9.11. The van der Waals surface area contributed by atoms with Gasteiger partial charge < -0.3 is 19.2 Å². The Bertz CT molecular complexity index is 665. The molecule has 0 spiro atoms. The van der Waals surface area contributed by atoms with Crippen molar-refractivity contribution in [1.82, 2.24) is 9.37 Å². The Hall–Kier alpha value is -0.530. The Morgan fingerprint density at radius 3 is 2.50 bits per heavy atom. The smallest absolute Gasteiger partial charge is 0.587 e. The quantitative estimate of drug-likeness (QED) is 0.239. The minimum atomic E-state index is -2.45. The number of hydrogen-bond acceptors (Lipinski definition) is 8. The van der Waals surface area contributed by atoms with E-state index in [0.717, 1.165) is 12.5 Å². The molecule has 0 aromatic heterocycles. The molecule has 26 heavy (non-hydrogen) atoms. The molecule has 14 heteroatoms. The van der Waals surface area contributed by atoms with Gasteiger partial charge in [-0.25, -0.2) is 0 Å². The molecular weight excluding hydrogens is 426 g/mol. The molecule has 0 aliphatic carbocycles. The number of halogens is 2. The van der Waals surface area contributed by atoms with Gasteiger partial charge in [0.15, 0.2) is 6.04 Å². The molecule has 2 saturated heterocycles. The van der Waals surface area contributed by atoms with Crippen LogP contribution in [0.15, 0.2) is 9.90 Å². The molecule has 0 radical (unpaired) electrons. The number of carbonyl (C=O) groups is 4. The van der Waals surface area contributed by atoms with Gasteiger partial charge >= 0.3 is 35.5 Å². The number of carbonyl (C=O) groups excluding carboxylic acids is 4. The fourth-order valence-corrected chi connectivity index (χ4v) is 3.71. The van der Waals surface area contributed by atoms with E-state index in [1.807, 2.05) is 0 Å². The summed E-state index contributed by atoms with van der Waals surface area (Å²) in [7, 11) is 0. The zero-order valence-corrected chi connectivity index (χ0v) is 17.9. The summed E-state index contributed by atoms with van der Waals surface area (Å²) in [5, 5.41) is 11.8. The molecule has 138 valence electrons. The summed E-state index contributed by atoms with van der Waals surface area (Å²) in [5.41, 5.74) is -1.69. The maximum absolute atomic E-state index is 12.6. The Morgan fingerprint density at radius 2 is 2.08 bits per heavy atom. The van der Waals surface area contributed by atoms with E-state index < -0.39 is 64.3 Å². The van der Waals surface area contributed by atoms with Crippen LogP contribution in [0.1, 0.15) is 19.8 Å². The van der Waals surface area contributed by atoms with Crippen LogP contribution in [0.4, 0.5) is 0 Å². The summed E-state index contributed by atoms with van der Waals surface area (Å²) in [4.78, 5) is 52.2. The molecule has 2 rings (SSSR count). The van der Waals surface area contributed by atoms with Crippen molar-refractivity contribution in [2.45, 2.75) is 31.5 Å². The SMILES string of the molecule is CC(=O)N([C@H]1CON(C2(C(=O)[O-])CCC(=O)O2)C1=O)[S+]([O-])C(Cl)=CCl.[Na+]. The van der Waals surface area contributed by atoms with Crippen molar-refractivity contribution in [2.75, 3.05) is 6.61 Å². The molecule has 0 aromatic carbocycles. The minimum absolute atomic E-state index is 0. The summed E-state index contributed by atoms with van der Waals surface area (Å²) in [5.74, 6) is -4.57. The number of ether oxygens (including phenoxy) is 1. The largest absolute Gasteiger partial charge is 1.00 e. The molecule has 10 nitrogen and oxygen atoms in total. The first kappa shape index (κ1) is 23.5. The van der Waals surface area contributed by atoms with Crippen LogP contribution in [-0.2, 0) is 40.1 Å². The van der Waals surface area contributed by atoms with E-state index in [1.54, 1.807) is 0 Å². The predicted molar refractivity (Wildman–Crippen MR) is 80.1 cm³/mol. The van der Waals surface area contributed by atoms with Crippen LogP contribution in [0.2, 0.25) is 0 Å². The third-order valence-corrected chi connectivity index (χ3v) is 5.75. The second-order valence-corrected chi connectivity index (χ2v) is 7.18. The van der Waals surface area contributed by atoms with Crippen LogP contribution < -0.4 is 34.7 Å². The first-order valence-corrected chi connectivity index (χ1v) is 8.65. The van der Waals surface area contributed by atoms with Crippen molar-refractivity contribution in [3.05, 3.63) is 9.90 Å². The number of hydroxylamine groups is 2. The van der Waals surface area contributed by atoms with Gasteiger partial charge in [-0.3, -0.25) is 19.2 Å². The van der Waals surface area contributed by atoms with E-state index >= 15 is 0 Å². The van der Waals surface area contributed by atoms with Gasteiger partial charge in [0, 0.05) is 13.3 Å². The maximum atomic E-state index is 12.6. The summed E-state index contributed by atoms with van der Waals surface area (Å²) in [6.07, 6.45) is -0.660. The first-order valence-electron chi connectivity index (χ1n) is 6.73. The fraction of sp³-hybridized carbons (Fsp3) is 0.500. The van der Waals surface area contributed by atoms with Gasteiger partial charge in [-0.15, -0.1) is 4.31 Å². The van der Waals surface area contributed by atoms with E-state index in [-0.39, 0.29) is 36.0 Å². The van der Waals surface area contributed by atoms with Crippen LogP contribution in [0.5, 0.6) is 0 Å². The number of esters is 1. The van der Waals surface area contributed by atoms with E-state index in [0.29, 0.717) is 9.37 Å². The number of nitrogens with zero attached hydrogens (tertiary/aromatic N) is 2. The van der Waals surface area contributed by atoms with Crippen LogP contribution in [0.3, 0.4) is 0 Å². The molecule has 2 heterocycles. The summed E-state index contributed by atoms with van der Waals surface area (Å²) in [6, 6.07) is -1.46. The van der Waals surface area contributed by atoms with E-state index in [2.05, 4.69) is 0 Å². The normalized spacial score (nSPS) is 27.0. The molecule has 0 bridgehead atoms. The number of carboxylic acids is 1. The third kappa shape index (κ3) is 4.14. The molecule has 0 aromatic rings. The van der Waals surface area contributed by atoms with Crippen LogP contribution in [-0.4, -0.2) is 56.0 Å². The van der Waals surface area contributed by atoms with Crippen molar-refractivity contribution in [2.24, 2.45) is 0 Å². The van der Waals surface area contributed by atoms with Gasteiger partial charge in [0.05, 0.1) is 12.0 Å². The molecule has 2 aliphatic heterocycles. The van der Waals surface area contributed by atoms with Gasteiger partial charge in [0.2, 0.25) is 0 Å². The number of amides is 2. The second-order valence-electron chi connectivity index (χ2n) is 5.00. The molecular formula is C12H11Cl2N2NaO8S. The Kier molecular flexibility index (Phi) is 8.24. The molecule has 3 atom stereocenters. The predicted octanol–water partition coefficient (Wildman–Crippen LogP) is -4.30. The van der Waals surface area contributed by atoms with Crippen LogP contribution in [0, 0.1) is 0 Å². The van der Waals surface area contributed by atoms with Crippen molar-refractivity contribution in [3.63, 3.8) is 0 Å². The van der Waals surface area contributed by atoms with Gasteiger partial charge in [-0.1, -0.05) is 11.6 Å². The van der Waals surface area contributed by atoms with Crippen LogP contribution >= 0.6 is 23.2 Å². The van der Waals surface area contributed by atoms with E-state index in [9.17, 15) is 28.8 Å². The summed E-state index contributed by atoms with van der Waals surface area (Å²) >= 11 is 8.68. The average Bonchev–Trinajstić information content (AvgIpc) is 3.11. The standard InChI is InChI=1S/C12H12Cl2N2O8S.Na/c1-6(17)15(25(22)8(14)4-13)7-5-23-16(10(7)19)12(11(20)21)3-2-9(18)24-12;/h4,7H,2-3,5H2,1H3,(H,20,21);/q;+1/p-1/t7-,12?,25?;/m0./s1.